The van der Waals surface area contributed by atoms with Crippen molar-refractivity contribution in [3.63, 3.8) is 0 Å². The van der Waals surface area contributed by atoms with Crippen LogP contribution in [0.4, 0.5) is 0 Å². The van der Waals surface area contributed by atoms with E-state index in [4.69, 9.17) is 4.42 Å². The zero-order chi connectivity index (χ0) is 33.0. The summed E-state index contributed by atoms with van der Waals surface area (Å²) >= 11 is 1.74. The van der Waals surface area contributed by atoms with E-state index in [1.807, 2.05) is 12.1 Å². The molecule has 0 unspecified atom stereocenters. The molecule has 0 N–H and O–H groups in total. The van der Waals surface area contributed by atoms with Crippen molar-refractivity contribution in [1.29, 1.82) is 0 Å². The van der Waals surface area contributed by atoms with Crippen LogP contribution in [0.15, 0.2) is 168 Å². The predicted octanol–water partition coefficient (Wildman–Crippen LogP) is 7.12. The van der Waals surface area contributed by atoms with E-state index in [1.54, 1.807) is 29.6 Å². The smallest absolute Gasteiger partial charge is 0.0796 e. The first kappa shape index (κ1) is 37.3. The van der Waals surface area contributed by atoms with E-state index in [-0.39, 0.29) is 30.2 Å². The number of hydrogen-bond donors (Lipinski definition) is 0. The topological polar surface area (TPSA) is 13.1 Å². The van der Waals surface area contributed by atoms with Crippen LogP contribution in [-0.4, -0.2) is 5.43 Å². The zero-order valence-electron chi connectivity index (χ0n) is 28.3. The molecule has 0 fully saturated rings. The molecule has 0 radical (unpaired) electrons. The molecule has 0 saturated carbocycles. The largest absolute Gasteiger partial charge is 1.00 e. The van der Waals surface area contributed by atoms with Crippen LogP contribution in [0.1, 0.15) is 5.56 Å². The van der Waals surface area contributed by atoms with Crippen molar-refractivity contribution in [1.82, 2.24) is 0 Å². The van der Waals surface area contributed by atoms with Crippen molar-refractivity contribution in [3.8, 4) is 33.6 Å². The maximum Gasteiger partial charge on any atom is 0.0796 e. The Labute approximate surface area is 321 Å². The Bertz CT molecular complexity index is 2510. The summed E-state index contributed by atoms with van der Waals surface area (Å²) in [6.45, 7) is 6.82. The van der Waals surface area contributed by atoms with Crippen molar-refractivity contribution >= 4 is 48.5 Å². The second-order valence-corrected chi connectivity index (χ2v) is 21.7. The minimum atomic E-state index is 0. The Balaban J connectivity index is 0.000000172. The average Bonchev–Trinajstić information content (AvgIpc) is 3.85. The molecule has 5 heteroatoms. The van der Waals surface area contributed by atoms with Gasteiger partial charge in [-0.25, -0.2) is 0 Å². The molecule has 0 atom stereocenters. The number of hydrogen-bond acceptors (Lipinski definition) is 1. The molecule has 246 valence electrons. The SMILES string of the molecule is C[Si](C)=[Zr+2].Cc1[cH-]c2ccccc2c1-c1cccc2ccccc12.[Cl-].[Cl-].c1coc(-c2[cH-]c3ccccc3c2-c2cccc3ccccc23)c1. The van der Waals surface area contributed by atoms with Gasteiger partial charge in [0.05, 0.1) is 12.0 Å². The van der Waals surface area contributed by atoms with Crippen LogP contribution in [0.3, 0.4) is 0 Å². The van der Waals surface area contributed by atoms with Crippen molar-refractivity contribution < 1.29 is 52.6 Å². The summed E-state index contributed by atoms with van der Waals surface area (Å²) in [7, 11) is 0. The summed E-state index contributed by atoms with van der Waals surface area (Å²) in [5.41, 5.74) is 7.92. The molecule has 0 aliphatic rings. The van der Waals surface area contributed by atoms with Crippen LogP contribution in [0, 0.1) is 6.92 Å². The minimum Gasteiger partial charge on any atom is -1.00 e. The van der Waals surface area contributed by atoms with Gasteiger partial charge in [0.2, 0.25) is 0 Å². The molecule has 1 heterocycles. The van der Waals surface area contributed by atoms with Gasteiger partial charge in [0.1, 0.15) is 0 Å². The number of aryl methyl sites for hydroxylation is 1. The molecule has 0 bridgehead atoms. The van der Waals surface area contributed by atoms with Crippen LogP contribution < -0.4 is 24.8 Å². The van der Waals surface area contributed by atoms with Gasteiger partial charge in [0.15, 0.2) is 0 Å². The molecule has 1 aromatic heterocycles. The van der Waals surface area contributed by atoms with Crippen LogP contribution in [0.25, 0.3) is 76.7 Å². The normalized spacial score (nSPS) is 10.5. The van der Waals surface area contributed by atoms with E-state index in [9.17, 15) is 0 Å². The van der Waals surface area contributed by atoms with Crippen LogP contribution >= 0.6 is 0 Å². The Morgan fingerprint density at radius 2 is 0.940 bits per heavy atom. The summed E-state index contributed by atoms with van der Waals surface area (Å²) in [6.07, 6.45) is 1.74. The van der Waals surface area contributed by atoms with Crippen molar-refractivity contribution in [3.05, 3.63) is 170 Å². The average molecular weight is 783 g/mol. The fourth-order valence-corrected chi connectivity index (χ4v) is 6.75. The third-order valence-corrected chi connectivity index (χ3v) is 8.70. The van der Waals surface area contributed by atoms with Gasteiger partial charge in [-0.2, -0.15) is 0 Å². The fourth-order valence-electron chi connectivity index (χ4n) is 6.75. The van der Waals surface area contributed by atoms with Gasteiger partial charge in [0.25, 0.3) is 0 Å². The summed E-state index contributed by atoms with van der Waals surface area (Å²) in [6, 6.07) is 55.9. The number of rotatable bonds is 3. The van der Waals surface area contributed by atoms with Gasteiger partial charge in [-0.05, 0) is 27.6 Å². The number of halogens is 2. The third-order valence-electron chi connectivity index (χ3n) is 8.70. The first-order chi connectivity index (χ1) is 23.5. The molecule has 9 rings (SSSR count). The summed E-state index contributed by atoms with van der Waals surface area (Å²) < 4.78 is 5.72. The van der Waals surface area contributed by atoms with E-state index in [2.05, 4.69) is 166 Å². The van der Waals surface area contributed by atoms with E-state index in [0.29, 0.717) is 0 Å². The van der Waals surface area contributed by atoms with E-state index in [0.717, 1.165) is 11.3 Å². The molecule has 0 aliphatic heterocycles. The van der Waals surface area contributed by atoms with Crippen molar-refractivity contribution in [2.24, 2.45) is 0 Å². The summed E-state index contributed by atoms with van der Waals surface area (Å²) in [5.74, 6) is 0.911. The maximum absolute atomic E-state index is 5.72. The Kier molecular flexibility index (Phi) is 12.5. The molecule has 8 aromatic carbocycles. The summed E-state index contributed by atoms with van der Waals surface area (Å²) in [5, 5.41) is 10.3. The quantitative estimate of drug-likeness (QED) is 0.138. The Morgan fingerprint density at radius 1 is 0.500 bits per heavy atom. The molecule has 0 aliphatic carbocycles. The number of fused-ring (bicyclic) bond motifs is 4. The molecular weight excluding hydrogens is 747 g/mol. The zero-order valence-corrected chi connectivity index (χ0v) is 33.2. The van der Waals surface area contributed by atoms with E-state index < -0.39 is 0 Å². The Morgan fingerprint density at radius 3 is 1.48 bits per heavy atom. The maximum atomic E-state index is 5.72. The minimum absolute atomic E-state index is 0. The second kappa shape index (κ2) is 16.8. The molecule has 0 saturated heterocycles. The van der Waals surface area contributed by atoms with Gasteiger partial charge in [-0.1, -0.05) is 144 Å². The number of furan rings is 1. The van der Waals surface area contributed by atoms with E-state index >= 15 is 0 Å². The first-order valence-electron chi connectivity index (χ1n) is 16.3. The van der Waals surface area contributed by atoms with E-state index in [1.165, 1.54) is 70.9 Å². The second-order valence-electron chi connectivity index (χ2n) is 12.3. The van der Waals surface area contributed by atoms with Crippen molar-refractivity contribution in [2.45, 2.75) is 20.0 Å². The Hall–Kier alpha value is -3.98. The third kappa shape index (κ3) is 7.68. The predicted molar refractivity (Wildman–Crippen MR) is 205 cm³/mol. The molecule has 9 aromatic rings. The molecule has 1 nitrogen and oxygen atoms in total. The first-order valence-corrected chi connectivity index (χ1v) is 22.5. The monoisotopic (exact) mass is 780 g/mol. The van der Waals surface area contributed by atoms with Gasteiger partial charge < -0.3 is 29.2 Å². The van der Waals surface area contributed by atoms with Gasteiger partial charge in [-0.3, -0.25) is 0 Å². The van der Waals surface area contributed by atoms with Gasteiger partial charge in [-0.15, -0.1) is 69.1 Å². The molecule has 0 amide bonds. The fraction of sp³-hybridized carbons (Fsp3) is 0.0667. The molecular formula is C45H36Cl2OSiZr-2. The number of benzene rings is 6. The molecule has 0 spiro atoms. The standard InChI is InChI=1S/C23H15O.C20H15.C2H6Si.2ClH.Zr/c1-3-10-18-16(7-1)9-5-12-20(18)23-19-11-4-2-8-17(19)15-21(23)22-13-6-14-24-22;1-14-13-16-8-3-5-11-18(16)20(14)19-12-6-9-15-7-2-4-10-17(15)19;1-3-2;;;/h1-15H;2-13H,1H3;1-2H3;2*1H;/q2*-1;;;;+2/p-2. The van der Waals surface area contributed by atoms with Gasteiger partial charge in [0, 0.05) is 0 Å². The van der Waals surface area contributed by atoms with Crippen LogP contribution in [0.5, 0.6) is 0 Å². The van der Waals surface area contributed by atoms with Crippen molar-refractivity contribution in [2.75, 3.05) is 0 Å². The van der Waals surface area contributed by atoms with Crippen LogP contribution in [-0.2, 0) is 23.3 Å². The van der Waals surface area contributed by atoms with Gasteiger partial charge >= 0.3 is 41.9 Å². The molecule has 50 heavy (non-hydrogen) atoms. The summed E-state index contributed by atoms with van der Waals surface area (Å²) in [4.78, 5) is 0. The van der Waals surface area contributed by atoms with Crippen LogP contribution in [0.2, 0.25) is 13.1 Å².